The maximum atomic E-state index is 13.1. The summed E-state index contributed by atoms with van der Waals surface area (Å²) < 4.78 is 40.0. The van der Waals surface area contributed by atoms with E-state index in [4.69, 9.17) is 14.7 Å². The Morgan fingerprint density at radius 2 is 1.68 bits per heavy atom. The first-order valence-electron chi connectivity index (χ1n) is 9.36. The van der Waals surface area contributed by atoms with Gasteiger partial charge in [0.2, 0.25) is 17.4 Å². The Kier molecular flexibility index (Phi) is 5.71. The number of carbonyl (C=O) groups is 2. The molecule has 2 N–H and O–H groups in total. The molecule has 1 aliphatic heterocycles. The molecule has 31 heavy (non-hydrogen) atoms. The molecular formula is C19H20B3NO7S. The van der Waals surface area contributed by atoms with Gasteiger partial charge in [0.25, 0.3) is 0 Å². The van der Waals surface area contributed by atoms with Crippen LogP contribution in [0.5, 0.6) is 0 Å². The summed E-state index contributed by atoms with van der Waals surface area (Å²) in [5.74, 6) is -2.30. The summed E-state index contributed by atoms with van der Waals surface area (Å²) in [6.45, 7) is 0. The van der Waals surface area contributed by atoms with Gasteiger partial charge in [0.1, 0.15) is 15.7 Å². The van der Waals surface area contributed by atoms with Crippen LogP contribution in [-0.2, 0) is 38.6 Å². The Bertz CT molecular complexity index is 1160. The molecule has 2 aromatic carbocycles. The van der Waals surface area contributed by atoms with Crippen LogP contribution in [0.15, 0.2) is 66.2 Å². The number of Topliss-reactive ketones (excluding diaryl/α,β-unsaturated/α-hetero) is 1. The van der Waals surface area contributed by atoms with E-state index in [0.29, 0.717) is 11.1 Å². The van der Waals surface area contributed by atoms with Crippen LogP contribution in [0.4, 0.5) is 0 Å². The zero-order valence-corrected chi connectivity index (χ0v) is 18.4. The van der Waals surface area contributed by atoms with E-state index in [9.17, 15) is 18.0 Å². The number of benzene rings is 2. The van der Waals surface area contributed by atoms with Crippen molar-refractivity contribution in [2.24, 2.45) is 5.73 Å². The number of ether oxygens (including phenoxy) is 2. The van der Waals surface area contributed by atoms with Gasteiger partial charge in [-0.25, -0.2) is 4.79 Å². The van der Waals surface area contributed by atoms with Gasteiger partial charge < -0.3 is 19.4 Å². The lowest BCUT2D eigenvalue weighted by Crippen LogP contribution is -2.40. The van der Waals surface area contributed by atoms with E-state index >= 15 is 0 Å². The normalized spacial score (nSPS) is 19.1. The highest BCUT2D eigenvalue weighted by Crippen LogP contribution is 2.38. The van der Waals surface area contributed by atoms with Crippen molar-refractivity contribution in [3.8, 4) is 0 Å². The number of esters is 1. The van der Waals surface area contributed by atoms with E-state index < -0.39 is 43.6 Å². The SMILES string of the molecule is BC1(c2ccc(C(=O)OC)cc2)OC(N)=C(OS(=O)(=O)C(B)(B)c2ccccc2)C1=O. The summed E-state index contributed by atoms with van der Waals surface area (Å²) in [6.07, 6.45) is 0. The van der Waals surface area contributed by atoms with Crippen molar-refractivity contribution in [3.05, 3.63) is 82.9 Å². The van der Waals surface area contributed by atoms with Crippen molar-refractivity contribution in [1.82, 2.24) is 0 Å². The smallest absolute Gasteiger partial charge is 0.337 e. The second kappa shape index (κ2) is 7.84. The predicted octanol–water partition coefficient (Wildman–Crippen LogP) is -1.59. The van der Waals surface area contributed by atoms with Gasteiger partial charge in [-0.1, -0.05) is 42.5 Å². The Hall–Kier alpha value is -3.14. The van der Waals surface area contributed by atoms with E-state index in [2.05, 4.69) is 4.74 Å². The first-order valence-corrected chi connectivity index (χ1v) is 10.8. The van der Waals surface area contributed by atoms with Crippen molar-refractivity contribution in [3.63, 3.8) is 0 Å². The first kappa shape index (κ1) is 22.5. The van der Waals surface area contributed by atoms with Gasteiger partial charge in [0.05, 0.1) is 17.2 Å². The van der Waals surface area contributed by atoms with Crippen LogP contribution in [0.1, 0.15) is 21.5 Å². The largest absolute Gasteiger partial charge is 0.467 e. The number of ketones is 1. The number of nitrogens with two attached hydrogens (primary N) is 1. The summed E-state index contributed by atoms with van der Waals surface area (Å²) in [5, 5.41) is 0. The van der Waals surface area contributed by atoms with Crippen molar-refractivity contribution < 1.29 is 31.7 Å². The van der Waals surface area contributed by atoms with Crippen molar-refractivity contribution in [1.29, 1.82) is 0 Å². The van der Waals surface area contributed by atoms with Crippen LogP contribution in [0, 0.1) is 0 Å². The summed E-state index contributed by atoms with van der Waals surface area (Å²) >= 11 is 0. The number of hydrogen-bond donors (Lipinski definition) is 1. The fraction of sp³-hybridized carbons (Fsp3) is 0.158. The summed E-state index contributed by atoms with van der Waals surface area (Å²) in [7, 11) is 1.33. The average Bonchev–Trinajstić information content (AvgIpc) is 2.97. The molecule has 8 nitrogen and oxygen atoms in total. The molecule has 1 aliphatic rings. The molecule has 12 heteroatoms. The van der Waals surface area contributed by atoms with Gasteiger partial charge in [-0.15, -0.1) is 0 Å². The minimum atomic E-state index is -4.32. The molecule has 1 atom stereocenters. The van der Waals surface area contributed by atoms with Crippen molar-refractivity contribution >= 4 is 45.4 Å². The first-order chi connectivity index (χ1) is 14.4. The molecule has 158 valence electrons. The highest BCUT2D eigenvalue weighted by atomic mass is 32.2. The molecule has 0 aromatic heterocycles. The van der Waals surface area contributed by atoms with Crippen molar-refractivity contribution in [2.45, 2.75) is 10.0 Å². The van der Waals surface area contributed by atoms with Gasteiger partial charge in [0, 0.05) is 0 Å². The zero-order valence-electron chi connectivity index (χ0n) is 17.5. The number of carbonyl (C=O) groups excluding carboxylic acids is 2. The molecule has 1 unspecified atom stereocenters. The maximum Gasteiger partial charge on any atom is 0.337 e. The molecule has 1 heterocycles. The van der Waals surface area contributed by atoms with Crippen LogP contribution < -0.4 is 5.73 Å². The fourth-order valence-electron chi connectivity index (χ4n) is 3.15. The standard InChI is InChI=1S/C19H20B3NO7S/c1-28-17(25)11-7-9-12(10-8-11)18(20)15(24)14(16(23)29-18)30-31(26,27)19(21,22)13-5-3-2-4-6-13/h2-10H,20-23H2,1H3. The molecule has 0 bridgehead atoms. The minimum absolute atomic E-state index is 0.282. The third-order valence-corrected chi connectivity index (χ3v) is 7.19. The quantitative estimate of drug-likeness (QED) is 0.325. The molecule has 0 saturated carbocycles. The van der Waals surface area contributed by atoms with Crippen molar-refractivity contribution in [2.75, 3.05) is 7.11 Å². The van der Waals surface area contributed by atoms with Gasteiger partial charge in [-0.05, 0) is 23.3 Å². The number of methoxy groups -OCH3 is 1. The number of rotatable bonds is 6. The van der Waals surface area contributed by atoms with Crippen LogP contribution in [0.3, 0.4) is 0 Å². The molecule has 0 radical (unpaired) electrons. The Morgan fingerprint density at radius 3 is 2.23 bits per heavy atom. The lowest BCUT2D eigenvalue weighted by molar-refractivity contribution is -0.126. The highest BCUT2D eigenvalue weighted by molar-refractivity contribution is 7.90. The fourth-order valence-corrected chi connectivity index (χ4v) is 4.16. The third-order valence-electron chi connectivity index (χ3n) is 5.32. The Labute approximate surface area is 183 Å². The molecule has 0 spiro atoms. The molecule has 0 aliphatic carbocycles. The van der Waals surface area contributed by atoms with Gasteiger partial charge in [-0.3, -0.25) is 4.79 Å². The van der Waals surface area contributed by atoms with Crippen LogP contribution in [0.25, 0.3) is 0 Å². The molecular weight excluding hydrogens is 419 g/mol. The lowest BCUT2D eigenvalue weighted by Gasteiger charge is -2.26. The Morgan fingerprint density at radius 1 is 1.10 bits per heavy atom. The van der Waals surface area contributed by atoms with E-state index in [0.717, 1.165) is 0 Å². The maximum absolute atomic E-state index is 13.1. The van der Waals surface area contributed by atoms with Crippen LogP contribution >= 0.6 is 0 Å². The summed E-state index contributed by atoms with van der Waals surface area (Å²) in [5.41, 5.74) is 5.37. The monoisotopic (exact) mass is 439 g/mol. The predicted molar refractivity (Wildman–Crippen MR) is 121 cm³/mol. The lowest BCUT2D eigenvalue weighted by atomic mass is 9.65. The second-order valence-corrected chi connectivity index (χ2v) is 9.74. The molecule has 0 saturated heterocycles. The molecule has 3 rings (SSSR count). The highest BCUT2D eigenvalue weighted by Gasteiger charge is 2.50. The van der Waals surface area contributed by atoms with E-state index in [-0.39, 0.29) is 5.56 Å². The number of hydrogen-bond acceptors (Lipinski definition) is 8. The topological polar surface area (TPSA) is 122 Å². The molecule has 0 fully saturated rings. The molecule has 2 aromatic rings. The van der Waals surface area contributed by atoms with E-state index in [1.807, 2.05) is 0 Å². The van der Waals surface area contributed by atoms with Gasteiger partial charge in [0.15, 0.2) is 13.3 Å². The second-order valence-electron chi connectivity index (χ2n) is 7.64. The third kappa shape index (κ3) is 3.83. The van der Waals surface area contributed by atoms with Gasteiger partial charge in [-0.2, -0.15) is 8.42 Å². The average molecular weight is 439 g/mol. The zero-order chi connectivity index (χ0) is 23.0. The molecule has 0 amide bonds. The van der Waals surface area contributed by atoms with Gasteiger partial charge >= 0.3 is 16.1 Å². The van der Waals surface area contributed by atoms with E-state index in [1.54, 1.807) is 30.3 Å². The van der Waals surface area contributed by atoms with Crippen LogP contribution in [-0.4, -0.2) is 50.8 Å². The van der Waals surface area contributed by atoms with E-state index in [1.165, 1.54) is 54.9 Å². The minimum Gasteiger partial charge on any atom is -0.467 e. The summed E-state index contributed by atoms with van der Waals surface area (Å²) in [6, 6.07) is 14.4. The Balaban J connectivity index is 1.90. The summed E-state index contributed by atoms with van der Waals surface area (Å²) in [4.78, 5) is 24.7. The van der Waals surface area contributed by atoms with Crippen LogP contribution in [0.2, 0.25) is 0 Å².